The van der Waals surface area contributed by atoms with E-state index in [0.29, 0.717) is 17.9 Å². The van der Waals surface area contributed by atoms with Crippen molar-refractivity contribution < 1.29 is 4.52 Å². The van der Waals surface area contributed by atoms with Crippen molar-refractivity contribution in [2.75, 3.05) is 7.05 Å². The van der Waals surface area contributed by atoms with Gasteiger partial charge in [0.05, 0.1) is 5.01 Å². The van der Waals surface area contributed by atoms with Crippen molar-refractivity contribution >= 4 is 11.3 Å². The molecule has 1 atom stereocenters. The minimum absolute atomic E-state index is 0.331. The van der Waals surface area contributed by atoms with Crippen LogP contribution in [-0.2, 0) is 12.8 Å². The highest BCUT2D eigenvalue weighted by Gasteiger charge is 2.14. The van der Waals surface area contributed by atoms with Crippen molar-refractivity contribution in [1.82, 2.24) is 20.4 Å². The van der Waals surface area contributed by atoms with E-state index in [9.17, 15) is 0 Å². The fourth-order valence-corrected chi connectivity index (χ4v) is 2.65. The Bertz CT molecular complexity index is 520. The summed E-state index contributed by atoms with van der Waals surface area (Å²) in [5.74, 6) is 1.84. The van der Waals surface area contributed by atoms with Crippen LogP contribution in [0.1, 0.15) is 31.6 Å². The van der Waals surface area contributed by atoms with E-state index in [2.05, 4.69) is 41.2 Å². The van der Waals surface area contributed by atoms with E-state index in [1.54, 1.807) is 11.3 Å². The third kappa shape index (κ3) is 3.84. The topological polar surface area (TPSA) is 63.8 Å². The highest BCUT2D eigenvalue weighted by Crippen LogP contribution is 2.22. The van der Waals surface area contributed by atoms with E-state index in [1.807, 2.05) is 12.4 Å². The van der Waals surface area contributed by atoms with Crippen LogP contribution in [0, 0.1) is 5.92 Å². The van der Waals surface area contributed by atoms with Crippen LogP contribution in [0.5, 0.6) is 0 Å². The van der Waals surface area contributed by atoms with Gasteiger partial charge in [0.2, 0.25) is 0 Å². The molecule has 1 N–H and O–H groups in total. The third-order valence-corrected chi connectivity index (χ3v) is 3.67. The predicted molar refractivity (Wildman–Crippen MR) is 76.2 cm³/mol. The summed E-state index contributed by atoms with van der Waals surface area (Å²) in [4.78, 5) is 8.93. The van der Waals surface area contributed by atoms with Crippen molar-refractivity contribution in [2.45, 2.75) is 39.7 Å². The molecule has 0 aliphatic rings. The number of aromatic nitrogens is 3. The van der Waals surface area contributed by atoms with Gasteiger partial charge >= 0.3 is 0 Å². The van der Waals surface area contributed by atoms with Gasteiger partial charge in [-0.3, -0.25) is 0 Å². The van der Waals surface area contributed by atoms with Gasteiger partial charge in [0.25, 0.3) is 5.89 Å². The standard InChI is InChI=1S/C13H20N4OS/c1-8(2)5-12-15-10(7-19-12)13-16-11(17-18-13)6-9(3)14-4/h7-9,14H,5-6H2,1-4H3. The van der Waals surface area contributed by atoms with Crippen LogP contribution in [0.3, 0.4) is 0 Å². The van der Waals surface area contributed by atoms with E-state index < -0.39 is 0 Å². The molecule has 2 heterocycles. The number of hydrogen-bond donors (Lipinski definition) is 1. The molecule has 0 saturated heterocycles. The van der Waals surface area contributed by atoms with E-state index in [4.69, 9.17) is 4.52 Å². The summed E-state index contributed by atoms with van der Waals surface area (Å²) < 4.78 is 5.27. The van der Waals surface area contributed by atoms with Crippen molar-refractivity contribution in [3.8, 4) is 11.6 Å². The van der Waals surface area contributed by atoms with Gasteiger partial charge in [0.1, 0.15) is 5.69 Å². The first-order valence-corrected chi connectivity index (χ1v) is 7.41. The SMILES string of the molecule is CNC(C)Cc1noc(-c2csc(CC(C)C)n2)n1. The lowest BCUT2D eigenvalue weighted by molar-refractivity contribution is 0.417. The molecule has 0 amide bonds. The van der Waals surface area contributed by atoms with Crippen LogP contribution >= 0.6 is 11.3 Å². The lowest BCUT2D eigenvalue weighted by atomic mass is 10.1. The van der Waals surface area contributed by atoms with Crippen molar-refractivity contribution in [1.29, 1.82) is 0 Å². The van der Waals surface area contributed by atoms with Crippen LogP contribution in [0.25, 0.3) is 11.6 Å². The highest BCUT2D eigenvalue weighted by atomic mass is 32.1. The summed E-state index contributed by atoms with van der Waals surface area (Å²) in [7, 11) is 1.92. The minimum atomic E-state index is 0.331. The smallest absolute Gasteiger partial charge is 0.277 e. The first-order valence-electron chi connectivity index (χ1n) is 6.53. The maximum atomic E-state index is 5.27. The third-order valence-electron chi connectivity index (χ3n) is 2.80. The Balaban J connectivity index is 2.07. The van der Waals surface area contributed by atoms with Gasteiger partial charge in [0.15, 0.2) is 5.82 Å². The molecular weight excluding hydrogens is 260 g/mol. The molecule has 0 aliphatic heterocycles. The number of thiazole rings is 1. The van der Waals surface area contributed by atoms with Gasteiger partial charge in [-0.25, -0.2) is 4.98 Å². The molecule has 0 aromatic carbocycles. The van der Waals surface area contributed by atoms with Gasteiger partial charge in [-0.2, -0.15) is 4.98 Å². The molecule has 2 aromatic heterocycles. The fourth-order valence-electron chi connectivity index (χ4n) is 1.67. The molecule has 104 valence electrons. The summed E-state index contributed by atoms with van der Waals surface area (Å²) in [6, 6.07) is 0.331. The Labute approximate surface area is 117 Å². The van der Waals surface area contributed by atoms with Gasteiger partial charge < -0.3 is 9.84 Å². The number of nitrogens with one attached hydrogen (secondary N) is 1. The van der Waals surface area contributed by atoms with Gasteiger partial charge in [0, 0.05) is 24.3 Å². The van der Waals surface area contributed by atoms with Crippen molar-refractivity contribution in [3.63, 3.8) is 0 Å². The average Bonchev–Trinajstić information content (AvgIpc) is 2.97. The molecule has 0 saturated carbocycles. The lowest BCUT2D eigenvalue weighted by Crippen LogP contribution is -2.24. The number of hydrogen-bond acceptors (Lipinski definition) is 6. The second-order valence-electron chi connectivity index (χ2n) is 5.13. The van der Waals surface area contributed by atoms with Crippen LogP contribution in [0.15, 0.2) is 9.90 Å². The lowest BCUT2D eigenvalue weighted by Gasteiger charge is -2.04. The van der Waals surface area contributed by atoms with E-state index in [-0.39, 0.29) is 0 Å². The number of likely N-dealkylation sites (N-methyl/N-ethyl adjacent to an activating group) is 1. The fraction of sp³-hybridized carbons (Fsp3) is 0.615. The minimum Gasteiger partial charge on any atom is -0.332 e. The van der Waals surface area contributed by atoms with Crippen LogP contribution in [-0.4, -0.2) is 28.2 Å². The van der Waals surface area contributed by atoms with Crippen LogP contribution in [0.4, 0.5) is 0 Å². The van der Waals surface area contributed by atoms with Crippen LogP contribution < -0.4 is 5.32 Å². The Morgan fingerprint density at radius 2 is 2.05 bits per heavy atom. The molecular formula is C13H20N4OS. The summed E-state index contributed by atoms with van der Waals surface area (Å²) in [6.07, 6.45) is 1.74. The molecule has 19 heavy (non-hydrogen) atoms. The van der Waals surface area contributed by atoms with Gasteiger partial charge in [-0.05, 0) is 19.9 Å². The zero-order chi connectivity index (χ0) is 13.8. The molecule has 2 aromatic rings. The molecule has 0 aliphatic carbocycles. The zero-order valence-electron chi connectivity index (χ0n) is 11.8. The van der Waals surface area contributed by atoms with Gasteiger partial charge in [-0.1, -0.05) is 19.0 Å². The Morgan fingerprint density at radius 3 is 2.74 bits per heavy atom. The van der Waals surface area contributed by atoms with Crippen molar-refractivity contribution in [3.05, 3.63) is 16.2 Å². The largest absolute Gasteiger partial charge is 0.332 e. The monoisotopic (exact) mass is 280 g/mol. The molecule has 2 rings (SSSR count). The second-order valence-corrected chi connectivity index (χ2v) is 6.08. The first kappa shape index (κ1) is 14.1. The van der Waals surface area contributed by atoms with Gasteiger partial charge in [-0.15, -0.1) is 11.3 Å². The maximum Gasteiger partial charge on any atom is 0.277 e. The summed E-state index contributed by atoms with van der Waals surface area (Å²) in [6.45, 7) is 6.45. The van der Waals surface area contributed by atoms with E-state index in [0.717, 1.165) is 29.4 Å². The summed E-state index contributed by atoms with van der Waals surface area (Å²) in [5, 5.41) is 10.2. The normalized spacial score (nSPS) is 13.1. The molecule has 0 fully saturated rings. The Hall–Kier alpha value is -1.27. The summed E-state index contributed by atoms with van der Waals surface area (Å²) >= 11 is 1.65. The first-order chi connectivity index (χ1) is 9.08. The van der Waals surface area contributed by atoms with E-state index in [1.165, 1.54) is 0 Å². The number of rotatable bonds is 6. The summed E-state index contributed by atoms with van der Waals surface area (Å²) in [5.41, 5.74) is 0.788. The predicted octanol–water partition coefficient (Wildman–Crippen LogP) is 2.54. The molecule has 0 spiro atoms. The van der Waals surface area contributed by atoms with Crippen LogP contribution in [0.2, 0.25) is 0 Å². The number of nitrogens with zero attached hydrogens (tertiary/aromatic N) is 3. The molecule has 5 nitrogen and oxygen atoms in total. The maximum absolute atomic E-state index is 5.27. The zero-order valence-corrected chi connectivity index (χ0v) is 12.6. The molecule has 0 bridgehead atoms. The highest BCUT2D eigenvalue weighted by molar-refractivity contribution is 7.09. The van der Waals surface area contributed by atoms with Crippen molar-refractivity contribution in [2.24, 2.45) is 5.92 Å². The second kappa shape index (κ2) is 6.25. The quantitative estimate of drug-likeness (QED) is 0.881. The molecule has 6 heteroatoms. The molecule has 0 radical (unpaired) electrons. The molecule has 1 unspecified atom stereocenters. The Morgan fingerprint density at radius 1 is 1.26 bits per heavy atom. The average molecular weight is 280 g/mol. The van der Waals surface area contributed by atoms with E-state index >= 15 is 0 Å². The Kier molecular flexibility index (Phi) is 4.66.